The van der Waals surface area contributed by atoms with Crippen LogP contribution in [0, 0.1) is 6.92 Å². The molecule has 2 unspecified atom stereocenters. The van der Waals surface area contributed by atoms with Gasteiger partial charge in [0.2, 0.25) is 11.8 Å². The molecule has 1 N–H and O–H groups in total. The van der Waals surface area contributed by atoms with Crippen LogP contribution in [0.2, 0.25) is 0 Å². The van der Waals surface area contributed by atoms with Gasteiger partial charge in [0.15, 0.2) is 0 Å². The molecule has 3 aromatic rings. The number of hydrogen-bond donors (Lipinski definition) is 1. The van der Waals surface area contributed by atoms with Crippen molar-refractivity contribution in [2.45, 2.75) is 37.6 Å². The minimum Gasteiger partial charge on any atom is -0.378 e. The summed E-state index contributed by atoms with van der Waals surface area (Å²) in [7, 11) is 2.03. The summed E-state index contributed by atoms with van der Waals surface area (Å²) in [6.07, 6.45) is 9.43. The maximum absolute atomic E-state index is 14.1. The molecule has 11 heteroatoms. The average molecular weight is 706 g/mol. The molecule has 0 saturated carbocycles. The fraction of sp³-hybridized carbons (Fsp3) is 0.400. The van der Waals surface area contributed by atoms with Crippen LogP contribution in [0.4, 0.5) is 11.5 Å². The van der Waals surface area contributed by atoms with Gasteiger partial charge in [-0.2, -0.15) is 0 Å². The standard InChI is InChI=1S/C40H47N7O3S/c1-28(2)51-40(39(49)43-34-11-10-33-24-29(3)42-38(35(33)25-34)47-20-22-50-23-21-47)14-19-45(27-40)26-36(48)46-17-12-31(13-18-46)30-6-8-32(9-7-30)37-41-15-5-16-44(37)4/h5-12,15-16,24-25,37H,1,13-14,17-23,26-27H2,2-4H3,(H,43,49). The second-order valence-electron chi connectivity index (χ2n) is 14.0. The van der Waals surface area contributed by atoms with Gasteiger partial charge in [0.05, 0.1) is 19.8 Å². The summed E-state index contributed by atoms with van der Waals surface area (Å²) in [6, 6.07) is 16.7. The van der Waals surface area contributed by atoms with E-state index in [0.717, 1.165) is 58.0 Å². The molecular formula is C40H47N7O3S. The predicted octanol–water partition coefficient (Wildman–Crippen LogP) is 5.87. The van der Waals surface area contributed by atoms with Gasteiger partial charge in [-0.1, -0.05) is 43.0 Å². The number of likely N-dealkylation sites (tertiary alicyclic amines) is 1. The fourth-order valence-electron chi connectivity index (χ4n) is 7.47. The molecule has 0 bridgehead atoms. The van der Waals surface area contributed by atoms with E-state index in [1.807, 2.05) is 56.4 Å². The normalized spacial score (nSPS) is 22.4. The maximum atomic E-state index is 14.1. The van der Waals surface area contributed by atoms with Crippen LogP contribution < -0.4 is 10.2 Å². The topological polar surface area (TPSA) is 93.6 Å². The Balaban J connectivity index is 0.987. The Bertz CT molecular complexity index is 1900. The Kier molecular flexibility index (Phi) is 10.3. The second kappa shape index (κ2) is 15.0. The number of aryl methyl sites for hydroxylation is 1. The highest BCUT2D eigenvalue weighted by molar-refractivity contribution is 8.05. The van der Waals surface area contributed by atoms with Crippen LogP contribution in [0.3, 0.4) is 0 Å². The van der Waals surface area contributed by atoms with Crippen molar-refractivity contribution < 1.29 is 14.3 Å². The number of nitrogens with zero attached hydrogens (tertiary/aromatic N) is 6. The lowest BCUT2D eigenvalue weighted by molar-refractivity contribution is -0.132. The van der Waals surface area contributed by atoms with Gasteiger partial charge in [-0.25, -0.2) is 4.98 Å². The summed E-state index contributed by atoms with van der Waals surface area (Å²) in [6.45, 7) is 13.7. The Labute approximate surface area is 304 Å². The van der Waals surface area contributed by atoms with E-state index in [0.29, 0.717) is 45.8 Å². The van der Waals surface area contributed by atoms with Gasteiger partial charge in [-0.05, 0) is 78.0 Å². The minimum atomic E-state index is -0.741. The van der Waals surface area contributed by atoms with Crippen molar-refractivity contribution in [1.29, 1.82) is 0 Å². The van der Waals surface area contributed by atoms with E-state index in [1.54, 1.807) is 0 Å². The first-order chi connectivity index (χ1) is 24.7. The molecule has 4 aliphatic rings. The number of pyridine rings is 1. The van der Waals surface area contributed by atoms with Gasteiger partial charge in [-0.3, -0.25) is 19.5 Å². The summed E-state index contributed by atoms with van der Waals surface area (Å²) >= 11 is 1.51. The molecule has 10 nitrogen and oxygen atoms in total. The number of carbonyl (C=O) groups excluding carboxylic acids is 2. The largest absolute Gasteiger partial charge is 0.378 e. The molecule has 2 amide bonds. The van der Waals surface area contributed by atoms with Gasteiger partial charge >= 0.3 is 0 Å². The van der Waals surface area contributed by atoms with Gasteiger partial charge in [0.25, 0.3) is 0 Å². The van der Waals surface area contributed by atoms with Crippen LogP contribution in [-0.4, -0.2) is 109 Å². The molecule has 266 valence electrons. The van der Waals surface area contributed by atoms with E-state index >= 15 is 0 Å². The number of morpholine rings is 1. The first-order valence-electron chi connectivity index (χ1n) is 17.8. The molecule has 2 aromatic carbocycles. The van der Waals surface area contributed by atoms with Gasteiger partial charge in [0, 0.05) is 75.5 Å². The molecule has 0 spiro atoms. The number of benzene rings is 2. The van der Waals surface area contributed by atoms with Crippen molar-refractivity contribution in [3.05, 3.63) is 95.2 Å². The van der Waals surface area contributed by atoms with E-state index in [9.17, 15) is 9.59 Å². The molecule has 2 saturated heterocycles. The quantitative estimate of drug-likeness (QED) is 0.296. The van der Waals surface area contributed by atoms with Crippen LogP contribution in [0.25, 0.3) is 16.3 Å². The number of rotatable bonds is 9. The average Bonchev–Trinajstić information content (AvgIpc) is 3.54. The number of nitrogens with one attached hydrogen (secondary N) is 1. The molecule has 2 atom stereocenters. The van der Waals surface area contributed by atoms with E-state index in [4.69, 9.17) is 9.72 Å². The zero-order valence-electron chi connectivity index (χ0n) is 29.8. The summed E-state index contributed by atoms with van der Waals surface area (Å²) in [5.74, 6) is 0.957. The SMILES string of the molecule is C=C(C)SC1(C(=O)Nc2ccc3cc(C)nc(N4CCOCC4)c3c2)CCN(CC(=O)N2CC=C(c3ccc(C4N=CC=CN4C)cc3)CC2)C1. The predicted molar refractivity (Wildman–Crippen MR) is 208 cm³/mol. The third kappa shape index (κ3) is 7.75. The number of allylic oxidation sites excluding steroid dienone is 2. The highest BCUT2D eigenvalue weighted by Gasteiger charge is 2.46. The lowest BCUT2D eigenvalue weighted by Crippen LogP contribution is -2.45. The molecule has 51 heavy (non-hydrogen) atoms. The first-order valence-corrected chi connectivity index (χ1v) is 18.6. The van der Waals surface area contributed by atoms with Crippen molar-refractivity contribution in [2.75, 3.05) is 76.3 Å². The van der Waals surface area contributed by atoms with Gasteiger partial charge in [0.1, 0.15) is 16.7 Å². The minimum absolute atomic E-state index is 0.00362. The lowest BCUT2D eigenvalue weighted by Gasteiger charge is -2.30. The molecular weight excluding hydrogens is 659 g/mol. The monoisotopic (exact) mass is 705 g/mol. The van der Waals surface area contributed by atoms with E-state index in [2.05, 4.69) is 74.1 Å². The first kappa shape index (κ1) is 35.0. The Morgan fingerprint density at radius 3 is 2.61 bits per heavy atom. The Hall–Kier alpha value is -4.45. The number of carbonyl (C=O) groups is 2. The van der Waals surface area contributed by atoms with E-state index in [-0.39, 0.29) is 24.5 Å². The highest BCUT2D eigenvalue weighted by atomic mass is 32.2. The lowest BCUT2D eigenvalue weighted by atomic mass is 9.97. The molecule has 7 rings (SSSR count). The summed E-state index contributed by atoms with van der Waals surface area (Å²) < 4.78 is 4.84. The number of aromatic nitrogens is 1. The Morgan fingerprint density at radius 1 is 1.08 bits per heavy atom. The van der Waals surface area contributed by atoms with Crippen LogP contribution in [-0.2, 0) is 14.3 Å². The van der Waals surface area contributed by atoms with Crippen LogP contribution >= 0.6 is 11.8 Å². The number of anilines is 2. The number of hydrogen-bond acceptors (Lipinski definition) is 9. The van der Waals surface area contributed by atoms with Gasteiger partial charge < -0.3 is 24.8 Å². The zero-order valence-corrected chi connectivity index (χ0v) is 30.6. The molecule has 5 heterocycles. The van der Waals surface area contributed by atoms with Crippen molar-refractivity contribution in [3.8, 4) is 0 Å². The van der Waals surface area contributed by atoms with Crippen molar-refractivity contribution in [2.24, 2.45) is 4.99 Å². The molecule has 0 aliphatic carbocycles. The number of thioether (sulfide) groups is 1. The van der Waals surface area contributed by atoms with Crippen LogP contribution in [0.1, 0.15) is 42.8 Å². The van der Waals surface area contributed by atoms with Crippen LogP contribution in [0.15, 0.2) is 83.4 Å². The van der Waals surface area contributed by atoms with E-state index in [1.165, 1.54) is 22.9 Å². The van der Waals surface area contributed by atoms with Crippen LogP contribution in [0.5, 0.6) is 0 Å². The third-order valence-corrected chi connectivity index (χ3v) is 11.4. The van der Waals surface area contributed by atoms with Crippen molar-refractivity contribution in [3.63, 3.8) is 0 Å². The summed E-state index contributed by atoms with van der Waals surface area (Å²) in [5, 5.41) is 5.33. The fourth-order valence-corrected chi connectivity index (χ4v) is 8.72. The zero-order chi connectivity index (χ0) is 35.5. The highest BCUT2D eigenvalue weighted by Crippen LogP contribution is 2.41. The third-order valence-electron chi connectivity index (χ3n) is 10.1. The van der Waals surface area contributed by atoms with Crippen molar-refractivity contribution >= 4 is 57.6 Å². The number of fused-ring (bicyclic) bond motifs is 1. The summed E-state index contributed by atoms with van der Waals surface area (Å²) in [4.78, 5) is 46.4. The second-order valence-corrected chi connectivity index (χ2v) is 15.6. The molecule has 1 aromatic heterocycles. The van der Waals surface area contributed by atoms with Gasteiger partial charge in [-0.15, -0.1) is 11.8 Å². The number of aliphatic imine (C=N–C) groups is 1. The number of amides is 2. The molecule has 2 fully saturated rings. The maximum Gasteiger partial charge on any atom is 0.242 e. The molecule has 0 radical (unpaired) electrons. The Morgan fingerprint density at radius 2 is 1.88 bits per heavy atom. The van der Waals surface area contributed by atoms with Crippen molar-refractivity contribution in [1.82, 2.24) is 19.7 Å². The summed E-state index contributed by atoms with van der Waals surface area (Å²) in [5.41, 5.74) is 5.30. The van der Waals surface area contributed by atoms with E-state index < -0.39 is 4.75 Å². The molecule has 4 aliphatic heterocycles. The number of ether oxygens (including phenoxy) is 1. The smallest absolute Gasteiger partial charge is 0.242 e.